The molecule has 0 fully saturated rings. The predicted molar refractivity (Wildman–Crippen MR) is 77.2 cm³/mol. The number of aromatic amines is 1. The highest BCUT2D eigenvalue weighted by atomic mass is 19.4. The third kappa shape index (κ3) is 2.47. The molecule has 2 aromatic rings. The molecular weight excluding hydrogens is 323 g/mol. The Morgan fingerprint density at radius 1 is 1.21 bits per heavy atom. The van der Waals surface area contributed by atoms with Gasteiger partial charge in [0, 0.05) is 30.5 Å². The van der Waals surface area contributed by atoms with Crippen LogP contribution in [0.2, 0.25) is 0 Å². The minimum Gasteiger partial charge on any atom is -0.331 e. The number of nitrogens with zero attached hydrogens (tertiary/aromatic N) is 4. The monoisotopic (exact) mass is 339 g/mol. The Labute approximate surface area is 135 Å². The molecule has 0 radical (unpaired) electrons. The van der Waals surface area contributed by atoms with Gasteiger partial charge in [-0.1, -0.05) is 0 Å². The molecule has 1 N–H and O–H groups in total. The van der Waals surface area contributed by atoms with Crippen LogP contribution in [0.3, 0.4) is 0 Å². The van der Waals surface area contributed by atoms with E-state index in [1.54, 1.807) is 0 Å². The summed E-state index contributed by atoms with van der Waals surface area (Å²) in [5.41, 5.74) is 1.45. The van der Waals surface area contributed by atoms with Crippen molar-refractivity contribution in [3.63, 3.8) is 0 Å². The van der Waals surface area contributed by atoms with Crippen molar-refractivity contribution in [3.8, 4) is 0 Å². The number of H-pyrrole nitrogens is 1. The van der Waals surface area contributed by atoms with Crippen LogP contribution in [0.4, 0.5) is 13.2 Å². The first-order chi connectivity index (χ1) is 11.4. The lowest BCUT2D eigenvalue weighted by Gasteiger charge is -2.27. The fourth-order valence-corrected chi connectivity index (χ4v) is 3.37. The molecule has 2 aliphatic rings. The number of hydrogen-bond acceptors (Lipinski definition) is 3. The van der Waals surface area contributed by atoms with Crippen LogP contribution in [0.25, 0.3) is 0 Å². The van der Waals surface area contributed by atoms with E-state index in [9.17, 15) is 18.0 Å². The third-order valence-electron chi connectivity index (χ3n) is 4.64. The van der Waals surface area contributed by atoms with Crippen molar-refractivity contribution in [1.82, 2.24) is 24.6 Å². The lowest BCUT2D eigenvalue weighted by molar-refractivity contribution is -0.141. The molecule has 0 saturated carbocycles. The number of carbonyl (C=O) groups excluding carboxylic acids is 1. The Balaban J connectivity index is 1.57. The number of halogens is 3. The topological polar surface area (TPSA) is 66.8 Å². The van der Waals surface area contributed by atoms with E-state index in [0.717, 1.165) is 43.1 Å². The molecule has 2 aromatic heterocycles. The zero-order valence-corrected chi connectivity index (χ0v) is 12.9. The van der Waals surface area contributed by atoms with Gasteiger partial charge in [0.15, 0.2) is 11.4 Å². The summed E-state index contributed by atoms with van der Waals surface area (Å²) in [4.78, 5) is 17.9. The molecule has 0 atom stereocenters. The normalized spacial score (nSPS) is 17.5. The maximum Gasteiger partial charge on any atom is 0.434 e. The number of fused-ring (bicyclic) bond motifs is 2. The molecule has 128 valence electrons. The molecule has 0 saturated heterocycles. The van der Waals surface area contributed by atoms with E-state index in [0.29, 0.717) is 18.8 Å². The Morgan fingerprint density at radius 2 is 2.00 bits per heavy atom. The molecule has 24 heavy (non-hydrogen) atoms. The highest BCUT2D eigenvalue weighted by molar-refractivity contribution is 5.94. The van der Waals surface area contributed by atoms with Crippen LogP contribution in [0.15, 0.2) is 6.20 Å². The summed E-state index contributed by atoms with van der Waals surface area (Å²) in [5.74, 6) is 0.0172. The Kier molecular flexibility index (Phi) is 3.40. The molecule has 1 amide bonds. The number of aromatic nitrogens is 4. The summed E-state index contributed by atoms with van der Waals surface area (Å²) in [6.45, 7) is 0.717. The first kappa shape index (κ1) is 15.2. The Bertz CT molecular complexity index is 792. The summed E-state index contributed by atoms with van der Waals surface area (Å²) in [6, 6.07) is 0. The molecule has 1 aliphatic heterocycles. The molecule has 1 aliphatic carbocycles. The summed E-state index contributed by atoms with van der Waals surface area (Å²) in [6.07, 6.45) is 0.326. The summed E-state index contributed by atoms with van der Waals surface area (Å²) >= 11 is 0. The van der Waals surface area contributed by atoms with Crippen molar-refractivity contribution in [2.75, 3.05) is 6.54 Å². The van der Waals surface area contributed by atoms with Gasteiger partial charge in [0.1, 0.15) is 5.82 Å². The van der Waals surface area contributed by atoms with E-state index in [-0.39, 0.29) is 18.3 Å². The van der Waals surface area contributed by atoms with Crippen molar-refractivity contribution in [2.45, 2.75) is 44.9 Å². The number of amides is 1. The number of carbonyl (C=O) groups is 1. The highest BCUT2D eigenvalue weighted by Gasteiger charge is 2.36. The fourth-order valence-electron chi connectivity index (χ4n) is 3.37. The Hall–Kier alpha value is -2.32. The summed E-state index contributed by atoms with van der Waals surface area (Å²) in [7, 11) is 0. The zero-order chi connectivity index (χ0) is 16.9. The molecule has 6 nitrogen and oxygen atoms in total. The second-order valence-corrected chi connectivity index (χ2v) is 6.20. The van der Waals surface area contributed by atoms with Crippen LogP contribution in [0, 0.1) is 0 Å². The number of aryl methyl sites for hydroxylation is 1. The molecule has 0 aromatic carbocycles. The maximum atomic E-state index is 12.8. The van der Waals surface area contributed by atoms with Gasteiger partial charge in [0.25, 0.3) is 5.91 Å². The lowest BCUT2D eigenvalue weighted by Crippen LogP contribution is -2.38. The number of imidazole rings is 1. The molecular formula is C15H16F3N5O. The minimum absolute atomic E-state index is 0.0660. The van der Waals surface area contributed by atoms with Gasteiger partial charge >= 0.3 is 6.18 Å². The average Bonchev–Trinajstić information content (AvgIpc) is 3.17. The van der Waals surface area contributed by atoms with Crippen molar-refractivity contribution >= 4 is 5.91 Å². The van der Waals surface area contributed by atoms with Crippen LogP contribution in [-0.4, -0.2) is 37.1 Å². The van der Waals surface area contributed by atoms with Crippen LogP contribution < -0.4 is 0 Å². The van der Waals surface area contributed by atoms with Gasteiger partial charge in [0.2, 0.25) is 0 Å². The quantitative estimate of drug-likeness (QED) is 0.866. The van der Waals surface area contributed by atoms with Gasteiger partial charge in [-0.2, -0.15) is 18.3 Å². The number of rotatable bonds is 1. The van der Waals surface area contributed by atoms with Crippen LogP contribution >= 0.6 is 0 Å². The van der Waals surface area contributed by atoms with E-state index in [1.807, 2.05) is 0 Å². The smallest absolute Gasteiger partial charge is 0.331 e. The second kappa shape index (κ2) is 5.35. The van der Waals surface area contributed by atoms with Gasteiger partial charge in [-0.15, -0.1) is 0 Å². The second-order valence-electron chi connectivity index (χ2n) is 6.20. The molecule has 9 heteroatoms. The standard InChI is InChI=1S/C15H16F3N5O/c16-15(17,18)11-7-22-5-6-23(8-12(22)19-11)14(24)13-9-3-1-2-4-10(9)20-21-13/h7H,1-6,8H2,(H,20,21). The third-order valence-corrected chi connectivity index (χ3v) is 4.64. The van der Waals surface area contributed by atoms with Crippen molar-refractivity contribution in [2.24, 2.45) is 0 Å². The van der Waals surface area contributed by atoms with Gasteiger partial charge in [-0.3, -0.25) is 9.89 Å². The van der Waals surface area contributed by atoms with Crippen LogP contribution in [0.1, 0.15) is 46.1 Å². The van der Waals surface area contributed by atoms with Gasteiger partial charge in [-0.25, -0.2) is 4.98 Å². The van der Waals surface area contributed by atoms with Crippen molar-refractivity contribution in [3.05, 3.63) is 34.7 Å². The van der Waals surface area contributed by atoms with E-state index >= 15 is 0 Å². The van der Waals surface area contributed by atoms with Gasteiger partial charge < -0.3 is 9.47 Å². The number of nitrogens with one attached hydrogen (secondary N) is 1. The predicted octanol–water partition coefficient (Wildman–Crippen LogP) is 2.16. The number of alkyl halides is 3. The zero-order valence-electron chi connectivity index (χ0n) is 12.9. The number of hydrogen-bond donors (Lipinski definition) is 1. The molecule has 0 unspecified atom stereocenters. The molecule has 0 spiro atoms. The van der Waals surface area contributed by atoms with Crippen LogP contribution in [0.5, 0.6) is 0 Å². The first-order valence-electron chi connectivity index (χ1n) is 7.92. The molecule has 3 heterocycles. The largest absolute Gasteiger partial charge is 0.434 e. The van der Waals surface area contributed by atoms with Gasteiger partial charge in [0.05, 0.1) is 6.54 Å². The highest BCUT2D eigenvalue weighted by Crippen LogP contribution is 2.30. The summed E-state index contributed by atoms with van der Waals surface area (Å²) < 4.78 is 39.8. The average molecular weight is 339 g/mol. The lowest BCUT2D eigenvalue weighted by atomic mass is 9.95. The fraction of sp³-hybridized carbons (Fsp3) is 0.533. The maximum absolute atomic E-state index is 12.8. The minimum atomic E-state index is -4.47. The van der Waals surface area contributed by atoms with Crippen molar-refractivity contribution in [1.29, 1.82) is 0 Å². The van der Waals surface area contributed by atoms with E-state index in [1.165, 1.54) is 9.47 Å². The molecule has 4 rings (SSSR count). The van der Waals surface area contributed by atoms with Crippen molar-refractivity contribution < 1.29 is 18.0 Å². The SMILES string of the molecule is O=C(c1n[nH]c2c1CCCC2)N1CCn2cc(C(F)(F)F)nc2C1. The Morgan fingerprint density at radius 3 is 2.79 bits per heavy atom. The first-order valence-corrected chi connectivity index (χ1v) is 7.92. The van der Waals surface area contributed by atoms with E-state index in [2.05, 4.69) is 15.2 Å². The van der Waals surface area contributed by atoms with Gasteiger partial charge in [-0.05, 0) is 25.7 Å². The summed E-state index contributed by atoms with van der Waals surface area (Å²) in [5, 5.41) is 7.07. The van der Waals surface area contributed by atoms with E-state index in [4.69, 9.17) is 0 Å². The van der Waals surface area contributed by atoms with Crippen LogP contribution in [-0.2, 0) is 32.1 Å². The van der Waals surface area contributed by atoms with E-state index < -0.39 is 11.9 Å². The molecule has 0 bridgehead atoms.